The molecular weight excluding hydrogens is 633 g/mol. The van der Waals surface area contributed by atoms with E-state index in [0.717, 1.165) is 67.9 Å². The summed E-state index contributed by atoms with van der Waals surface area (Å²) in [5.41, 5.74) is 9.38. The van der Waals surface area contributed by atoms with Crippen molar-refractivity contribution in [2.45, 2.75) is 20.8 Å². The van der Waals surface area contributed by atoms with Gasteiger partial charge in [-0.15, -0.1) is 0 Å². The molecule has 6 aromatic carbocycles. The quantitative estimate of drug-likeness (QED) is 0.177. The molecule has 0 unspecified atom stereocenters. The molecule has 0 radical (unpaired) electrons. The van der Waals surface area contributed by atoms with Gasteiger partial charge in [0, 0.05) is 16.7 Å². The van der Waals surface area contributed by atoms with Gasteiger partial charge in [-0.25, -0.2) is 15.0 Å². The van der Waals surface area contributed by atoms with E-state index in [9.17, 15) is 0 Å². The highest BCUT2D eigenvalue weighted by atomic mass is 15.3. The first kappa shape index (κ1) is 31.3. The number of hydrogen-bond donors (Lipinski definition) is 0. The molecule has 0 saturated carbocycles. The molecular formula is C48H36N4. The Bertz CT molecular complexity index is 2480. The SMILES string of the molecule is Cc1ccc(N(c2ccc(C)c(-c3cccc4ccccc34)n2)c2ccc(C)c(-c3cccc4ccccc34)n2)nc1-c1cccc2ccccc12. The maximum atomic E-state index is 5.44. The molecule has 0 spiro atoms. The van der Waals surface area contributed by atoms with E-state index in [4.69, 9.17) is 15.0 Å². The van der Waals surface area contributed by atoms with Crippen LogP contribution < -0.4 is 4.90 Å². The van der Waals surface area contributed by atoms with Crippen molar-refractivity contribution in [2.24, 2.45) is 0 Å². The number of pyridine rings is 3. The van der Waals surface area contributed by atoms with Crippen LogP contribution in [0.25, 0.3) is 66.1 Å². The zero-order valence-electron chi connectivity index (χ0n) is 29.4. The van der Waals surface area contributed by atoms with Gasteiger partial charge in [-0.05, 0) is 88.0 Å². The standard InChI is InChI=1S/C48H36N4/c1-31-25-28-43(49-46(31)40-22-10-16-34-13-4-7-19-37(34)40)52(44-29-26-32(2)47(50-44)41-23-11-17-35-14-5-8-20-38(35)41)45-30-27-33(3)48(51-45)42-24-12-18-36-15-6-9-21-39(36)42/h4-30H,1-3H3. The van der Waals surface area contributed by atoms with Gasteiger partial charge < -0.3 is 0 Å². The summed E-state index contributed by atoms with van der Waals surface area (Å²) in [5.74, 6) is 2.23. The molecule has 0 bridgehead atoms. The van der Waals surface area contributed by atoms with Crippen molar-refractivity contribution >= 4 is 49.8 Å². The second-order valence-corrected chi connectivity index (χ2v) is 13.4. The predicted octanol–water partition coefficient (Wildman–Crippen LogP) is 12.7. The van der Waals surface area contributed by atoms with Crippen molar-refractivity contribution in [3.63, 3.8) is 0 Å². The summed E-state index contributed by atoms with van der Waals surface area (Å²) >= 11 is 0. The molecule has 0 N–H and O–H groups in total. The highest BCUT2D eigenvalue weighted by Crippen LogP contribution is 2.40. The summed E-state index contributed by atoms with van der Waals surface area (Å²) in [7, 11) is 0. The highest BCUT2D eigenvalue weighted by Gasteiger charge is 2.22. The van der Waals surface area contributed by atoms with Crippen LogP contribution in [0, 0.1) is 20.8 Å². The van der Waals surface area contributed by atoms with Crippen LogP contribution in [0.1, 0.15) is 16.7 Å². The first-order valence-electron chi connectivity index (χ1n) is 17.7. The first-order valence-corrected chi connectivity index (χ1v) is 17.7. The van der Waals surface area contributed by atoms with Gasteiger partial charge in [0.15, 0.2) is 0 Å². The molecule has 0 atom stereocenters. The molecule has 0 amide bonds. The minimum absolute atomic E-state index is 0.744. The van der Waals surface area contributed by atoms with Crippen molar-refractivity contribution in [3.8, 4) is 33.8 Å². The van der Waals surface area contributed by atoms with Crippen LogP contribution in [0.5, 0.6) is 0 Å². The van der Waals surface area contributed by atoms with E-state index in [1.54, 1.807) is 0 Å². The lowest BCUT2D eigenvalue weighted by Gasteiger charge is -2.25. The Morgan fingerprint density at radius 2 is 0.596 bits per heavy atom. The zero-order chi connectivity index (χ0) is 35.2. The van der Waals surface area contributed by atoms with E-state index in [-0.39, 0.29) is 0 Å². The Morgan fingerprint density at radius 3 is 0.923 bits per heavy atom. The Labute approximate surface area is 303 Å². The lowest BCUT2D eigenvalue weighted by Crippen LogP contribution is -2.16. The number of aryl methyl sites for hydroxylation is 3. The van der Waals surface area contributed by atoms with E-state index in [0.29, 0.717) is 0 Å². The Morgan fingerprint density at radius 1 is 0.308 bits per heavy atom. The maximum absolute atomic E-state index is 5.44. The van der Waals surface area contributed by atoms with Crippen LogP contribution in [-0.2, 0) is 0 Å². The van der Waals surface area contributed by atoms with Gasteiger partial charge in [0.1, 0.15) is 17.5 Å². The number of aromatic nitrogens is 3. The zero-order valence-corrected chi connectivity index (χ0v) is 29.4. The smallest absolute Gasteiger partial charge is 0.140 e. The molecule has 3 aromatic heterocycles. The fourth-order valence-corrected chi connectivity index (χ4v) is 7.39. The minimum atomic E-state index is 0.744. The van der Waals surface area contributed by atoms with Crippen molar-refractivity contribution in [2.75, 3.05) is 4.90 Å². The second-order valence-electron chi connectivity index (χ2n) is 13.4. The molecule has 0 aliphatic heterocycles. The van der Waals surface area contributed by atoms with Gasteiger partial charge in [0.25, 0.3) is 0 Å². The molecule has 0 aliphatic carbocycles. The fourth-order valence-electron chi connectivity index (χ4n) is 7.39. The predicted molar refractivity (Wildman–Crippen MR) is 218 cm³/mol. The van der Waals surface area contributed by atoms with Gasteiger partial charge in [-0.1, -0.05) is 146 Å². The van der Waals surface area contributed by atoms with Crippen LogP contribution >= 0.6 is 0 Å². The summed E-state index contributed by atoms with van der Waals surface area (Å²) in [6.45, 7) is 6.39. The van der Waals surface area contributed by atoms with E-state index in [1.807, 2.05) is 0 Å². The first-order chi connectivity index (χ1) is 25.5. The molecule has 4 heteroatoms. The Balaban J connectivity index is 1.28. The third-order valence-electron chi connectivity index (χ3n) is 10.1. The molecule has 9 rings (SSSR count). The largest absolute Gasteiger partial charge is 0.262 e. The molecule has 0 fully saturated rings. The van der Waals surface area contributed by atoms with Crippen molar-refractivity contribution in [1.29, 1.82) is 0 Å². The van der Waals surface area contributed by atoms with Crippen LogP contribution in [0.3, 0.4) is 0 Å². The molecule has 4 nitrogen and oxygen atoms in total. The lowest BCUT2D eigenvalue weighted by atomic mass is 9.99. The Kier molecular flexibility index (Phi) is 7.78. The summed E-state index contributed by atoms with van der Waals surface area (Å²) in [6.07, 6.45) is 0. The van der Waals surface area contributed by atoms with Crippen LogP contribution in [0.15, 0.2) is 164 Å². The highest BCUT2D eigenvalue weighted by molar-refractivity contribution is 5.99. The molecule has 3 heterocycles. The number of rotatable bonds is 6. The molecule has 248 valence electrons. The number of anilines is 3. The number of fused-ring (bicyclic) bond motifs is 3. The molecule has 52 heavy (non-hydrogen) atoms. The number of benzene rings is 6. The summed E-state index contributed by atoms with van der Waals surface area (Å²) in [5, 5.41) is 7.06. The Hall–Kier alpha value is -6.65. The second kappa shape index (κ2) is 12.9. The third-order valence-corrected chi connectivity index (χ3v) is 10.1. The fraction of sp³-hybridized carbons (Fsp3) is 0.0625. The number of hydrogen-bond acceptors (Lipinski definition) is 4. The van der Waals surface area contributed by atoms with Crippen LogP contribution in [-0.4, -0.2) is 15.0 Å². The van der Waals surface area contributed by atoms with Gasteiger partial charge in [0.2, 0.25) is 0 Å². The summed E-state index contributed by atoms with van der Waals surface area (Å²) in [6, 6.07) is 57.5. The molecule has 0 aliphatic rings. The maximum Gasteiger partial charge on any atom is 0.140 e. The van der Waals surface area contributed by atoms with Gasteiger partial charge in [-0.3, -0.25) is 4.90 Å². The lowest BCUT2D eigenvalue weighted by molar-refractivity contribution is 1.08. The van der Waals surface area contributed by atoms with Gasteiger partial charge in [-0.2, -0.15) is 0 Å². The van der Waals surface area contributed by atoms with E-state index < -0.39 is 0 Å². The van der Waals surface area contributed by atoms with Crippen molar-refractivity contribution < 1.29 is 0 Å². The monoisotopic (exact) mass is 668 g/mol. The van der Waals surface area contributed by atoms with Crippen molar-refractivity contribution in [1.82, 2.24) is 15.0 Å². The topological polar surface area (TPSA) is 41.9 Å². The van der Waals surface area contributed by atoms with Crippen LogP contribution in [0.2, 0.25) is 0 Å². The molecule has 9 aromatic rings. The molecule has 0 saturated heterocycles. The average molecular weight is 669 g/mol. The summed E-state index contributed by atoms with van der Waals surface area (Å²) < 4.78 is 0. The van der Waals surface area contributed by atoms with Crippen LogP contribution in [0.4, 0.5) is 17.5 Å². The van der Waals surface area contributed by atoms with E-state index in [1.165, 1.54) is 32.3 Å². The van der Waals surface area contributed by atoms with Gasteiger partial charge >= 0.3 is 0 Å². The van der Waals surface area contributed by atoms with E-state index in [2.05, 4.69) is 189 Å². The van der Waals surface area contributed by atoms with Gasteiger partial charge in [0.05, 0.1) is 17.1 Å². The number of nitrogens with zero attached hydrogens (tertiary/aromatic N) is 4. The normalized spacial score (nSPS) is 11.4. The summed E-state index contributed by atoms with van der Waals surface area (Å²) in [4.78, 5) is 18.4. The van der Waals surface area contributed by atoms with Crippen molar-refractivity contribution in [3.05, 3.63) is 180 Å². The average Bonchev–Trinajstić information content (AvgIpc) is 3.19. The van der Waals surface area contributed by atoms with E-state index >= 15 is 0 Å². The minimum Gasteiger partial charge on any atom is -0.262 e. The third kappa shape index (κ3) is 5.46.